The van der Waals surface area contributed by atoms with E-state index in [1.165, 1.54) is 6.20 Å². The molecule has 80 valence electrons. The number of hydrogen-bond acceptors (Lipinski definition) is 4. The molecule has 0 saturated carbocycles. The summed E-state index contributed by atoms with van der Waals surface area (Å²) in [7, 11) is 0. The van der Waals surface area contributed by atoms with E-state index in [1.54, 1.807) is 18.3 Å². The smallest absolute Gasteiger partial charge is 0.322 e. The van der Waals surface area contributed by atoms with E-state index in [9.17, 15) is 9.59 Å². The second-order valence-electron chi connectivity index (χ2n) is 2.90. The molecule has 0 aliphatic rings. The number of carboxylic acid groups (broad SMARTS) is 1. The summed E-state index contributed by atoms with van der Waals surface area (Å²) in [6.45, 7) is -0.108. The molecule has 4 N–H and O–H groups in total. The van der Waals surface area contributed by atoms with Gasteiger partial charge in [0.25, 0.3) is 5.91 Å². The zero-order valence-corrected chi connectivity index (χ0v) is 7.88. The predicted molar refractivity (Wildman–Crippen MR) is 52.2 cm³/mol. The molecular formula is C9H11N3O3. The van der Waals surface area contributed by atoms with Gasteiger partial charge in [0.1, 0.15) is 6.04 Å². The highest BCUT2D eigenvalue weighted by Gasteiger charge is 2.13. The molecule has 6 nitrogen and oxygen atoms in total. The molecule has 0 aliphatic carbocycles. The van der Waals surface area contributed by atoms with Crippen molar-refractivity contribution in [3.63, 3.8) is 0 Å². The molecule has 0 aromatic carbocycles. The van der Waals surface area contributed by atoms with Crippen LogP contribution in [0.15, 0.2) is 24.5 Å². The van der Waals surface area contributed by atoms with Gasteiger partial charge in [0.05, 0.1) is 5.56 Å². The molecule has 0 spiro atoms. The van der Waals surface area contributed by atoms with Crippen LogP contribution >= 0.6 is 0 Å². The highest BCUT2D eigenvalue weighted by Crippen LogP contribution is 1.94. The van der Waals surface area contributed by atoms with Crippen LogP contribution in [0.5, 0.6) is 0 Å². The Morgan fingerprint density at radius 2 is 2.33 bits per heavy atom. The summed E-state index contributed by atoms with van der Waals surface area (Å²) < 4.78 is 0. The SMILES string of the molecule is NC(CNC(=O)c1cccnc1)C(=O)O. The van der Waals surface area contributed by atoms with Gasteiger partial charge in [-0.1, -0.05) is 0 Å². The Bertz CT molecular complexity index is 353. The van der Waals surface area contributed by atoms with Crippen molar-refractivity contribution in [1.82, 2.24) is 10.3 Å². The van der Waals surface area contributed by atoms with Gasteiger partial charge < -0.3 is 16.2 Å². The minimum absolute atomic E-state index is 0.108. The van der Waals surface area contributed by atoms with Gasteiger partial charge in [-0.05, 0) is 12.1 Å². The van der Waals surface area contributed by atoms with E-state index in [0.717, 1.165) is 0 Å². The monoisotopic (exact) mass is 209 g/mol. The molecule has 0 fully saturated rings. The van der Waals surface area contributed by atoms with Crippen LogP contribution in [0.3, 0.4) is 0 Å². The lowest BCUT2D eigenvalue weighted by atomic mass is 10.2. The fourth-order valence-electron chi connectivity index (χ4n) is 0.889. The van der Waals surface area contributed by atoms with Crippen LogP contribution in [0.1, 0.15) is 10.4 Å². The summed E-state index contributed by atoms with van der Waals surface area (Å²) in [6.07, 6.45) is 2.93. The van der Waals surface area contributed by atoms with E-state index in [1.807, 2.05) is 0 Å². The molecule has 15 heavy (non-hydrogen) atoms. The minimum atomic E-state index is -1.15. The van der Waals surface area contributed by atoms with Crippen molar-refractivity contribution in [3.8, 4) is 0 Å². The standard InChI is InChI=1S/C9H11N3O3/c10-7(9(14)15)5-12-8(13)6-2-1-3-11-4-6/h1-4,7H,5,10H2,(H,12,13)(H,14,15). The molecule has 0 bridgehead atoms. The van der Waals surface area contributed by atoms with Gasteiger partial charge in [0.2, 0.25) is 0 Å². The van der Waals surface area contributed by atoms with E-state index in [2.05, 4.69) is 10.3 Å². The van der Waals surface area contributed by atoms with Gasteiger partial charge in [0.15, 0.2) is 0 Å². The quantitative estimate of drug-likeness (QED) is 0.603. The molecule has 1 aromatic rings. The zero-order valence-electron chi connectivity index (χ0n) is 7.88. The molecule has 6 heteroatoms. The maximum atomic E-state index is 11.4. The molecule has 1 heterocycles. The van der Waals surface area contributed by atoms with Crippen molar-refractivity contribution in [1.29, 1.82) is 0 Å². The molecule has 0 radical (unpaired) electrons. The molecule has 1 rings (SSSR count). The number of aliphatic carboxylic acids is 1. The van der Waals surface area contributed by atoms with Crippen molar-refractivity contribution < 1.29 is 14.7 Å². The summed E-state index contributed by atoms with van der Waals surface area (Å²) in [5.41, 5.74) is 5.58. The van der Waals surface area contributed by atoms with Crippen LogP contribution in [0.2, 0.25) is 0 Å². The maximum absolute atomic E-state index is 11.4. The van der Waals surface area contributed by atoms with Gasteiger partial charge in [0, 0.05) is 18.9 Å². The first-order chi connectivity index (χ1) is 7.11. The van der Waals surface area contributed by atoms with Gasteiger partial charge in [-0.25, -0.2) is 0 Å². The Morgan fingerprint density at radius 1 is 1.60 bits per heavy atom. The topological polar surface area (TPSA) is 105 Å². The number of amides is 1. The third kappa shape index (κ3) is 3.35. The molecule has 0 saturated heterocycles. The third-order valence-corrected chi connectivity index (χ3v) is 1.72. The number of aromatic nitrogens is 1. The number of nitrogens with zero attached hydrogens (tertiary/aromatic N) is 1. The van der Waals surface area contributed by atoms with Crippen LogP contribution in [-0.2, 0) is 4.79 Å². The maximum Gasteiger partial charge on any atom is 0.322 e. The van der Waals surface area contributed by atoms with Crippen LogP contribution in [0.25, 0.3) is 0 Å². The summed E-state index contributed by atoms with van der Waals surface area (Å²) in [6, 6.07) is 2.10. The Balaban J connectivity index is 2.47. The highest BCUT2D eigenvalue weighted by molar-refractivity contribution is 5.94. The van der Waals surface area contributed by atoms with Crippen LogP contribution in [0.4, 0.5) is 0 Å². The van der Waals surface area contributed by atoms with Gasteiger partial charge in [-0.15, -0.1) is 0 Å². The molecule has 1 amide bonds. The van der Waals surface area contributed by atoms with Crippen LogP contribution in [-0.4, -0.2) is 34.6 Å². The van der Waals surface area contributed by atoms with Gasteiger partial charge in [-0.2, -0.15) is 0 Å². The number of hydrogen-bond donors (Lipinski definition) is 3. The Labute approximate surface area is 86.1 Å². The number of nitrogens with one attached hydrogen (secondary N) is 1. The average molecular weight is 209 g/mol. The van der Waals surface area contributed by atoms with Gasteiger partial charge in [-0.3, -0.25) is 14.6 Å². The van der Waals surface area contributed by atoms with Gasteiger partial charge >= 0.3 is 5.97 Å². The fourth-order valence-corrected chi connectivity index (χ4v) is 0.889. The largest absolute Gasteiger partial charge is 0.480 e. The fraction of sp³-hybridized carbons (Fsp3) is 0.222. The number of carboxylic acids is 1. The number of rotatable bonds is 4. The Morgan fingerprint density at radius 3 is 2.87 bits per heavy atom. The van der Waals surface area contributed by atoms with Crippen molar-refractivity contribution in [2.45, 2.75) is 6.04 Å². The molecular weight excluding hydrogens is 198 g/mol. The Hall–Kier alpha value is -1.95. The van der Waals surface area contributed by atoms with Crippen LogP contribution in [0, 0.1) is 0 Å². The van der Waals surface area contributed by atoms with E-state index in [4.69, 9.17) is 10.8 Å². The third-order valence-electron chi connectivity index (χ3n) is 1.72. The molecule has 0 aliphatic heterocycles. The zero-order chi connectivity index (χ0) is 11.3. The minimum Gasteiger partial charge on any atom is -0.480 e. The molecule has 1 atom stereocenters. The van der Waals surface area contributed by atoms with Crippen molar-refractivity contribution in [2.75, 3.05) is 6.54 Å². The van der Waals surface area contributed by atoms with Crippen molar-refractivity contribution >= 4 is 11.9 Å². The van der Waals surface area contributed by atoms with Crippen molar-refractivity contribution in [3.05, 3.63) is 30.1 Å². The summed E-state index contributed by atoms with van der Waals surface area (Å²) in [5.74, 6) is -1.54. The summed E-state index contributed by atoms with van der Waals surface area (Å²) in [5, 5.41) is 10.9. The van der Waals surface area contributed by atoms with E-state index < -0.39 is 12.0 Å². The molecule has 1 unspecified atom stereocenters. The van der Waals surface area contributed by atoms with E-state index in [-0.39, 0.29) is 12.5 Å². The second-order valence-corrected chi connectivity index (χ2v) is 2.90. The number of nitrogens with two attached hydrogens (primary N) is 1. The lowest BCUT2D eigenvalue weighted by Crippen LogP contribution is -2.42. The Kier molecular flexibility index (Phi) is 3.75. The number of pyridine rings is 1. The van der Waals surface area contributed by atoms with Crippen LogP contribution < -0.4 is 11.1 Å². The van der Waals surface area contributed by atoms with E-state index >= 15 is 0 Å². The second kappa shape index (κ2) is 5.06. The average Bonchev–Trinajstić information content (AvgIpc) is 2.26. The number of carbonyl (C=O) groups excluding carboxylic acids is 1. The summed E-state index contributed by atoms with van der Waals surface area (Å²) in [4.78, 5) is 25.5. The summed E-state index contributed by atoms with van der Waals surface area (Å²) >= 11 is 0. The lowest BCUT2D eigenvalue weighted by molar-refractivity contribution is -0.138. The number of carbonyl (C=O) groups is 2. The van der Waals surface area contributed by atoms with E-state index in [0.29, 0.717) is 5.56 Å². The lowest BCUT2D eigenvalue weighted by Gasteiger charge is -2.07. The molecule has 1 aromatic heterocycles. The first-order valence-electron chi connectivity index (χ1n) is 4.28. The normalized spacial score (nSPS) is 11.8. The highest BCUT2D eigenvalue weighted by atomic mass is 16.4. The van der Waals surface area contributed by atoms with Crippen molar-refractivity contribution in [2.24, 2.45) is 5.73 Å². The first kappa shape index (κ1) is 11.1. The first-order valence-corrected chi connectivity index (χ1v) is 4.28. The predicted octanol–water partition coefficient (Wildman–Crippen LogP) is -0.777.